The molecule has 2 rings (SSSR count). The van der Waals surface area contributed by atoms with Crippen molar-refractivity contribution in [3.05, 3.63) is 36.0 Å². The summed E-state index contributed by atoms with van der Waals surface area (Å²) in [4.78, 5) is 64.1. The molecule has 1 aromatic carbocycles. The highest BCUT2D eigenvalue weighted by molar-refractivity contribution is 5.96. The van der Waals surface area contributed by atoms with Crippen LogP contribution in [-0.4, -0.2) is 69.0 Å². The maximum Gasteiger partial charge on any atom is 0.325 e. The number of carboxylic acids is 2. The van der Waals surface area contributed by atoms with E-state index >= 15 is 0 Å². The second kappa shape index (κ2) is 12.7. The lowest BCUT2D eigenvalue weighted by atomic mass is 10.0. The Balaban J connectivity index is 2.27. The molecule has 4 atom stereocenters. The third-order valence-electron chi connectivity index (χ3n) is 5.53. The number of carbonyl (C=O) groups is 5. The second-order valence-corrected chi connectivity index (χ2v) is 9.09. The standard InChI is InChI=1S/C24H33N5O7/c1-12(2)8-16(25)21(32)28-19(10-20(30)31)23(34)29-18(22(33)27-13(3)24(35)36)9-14-11-26-17-7-5-4-6-15(14)17/h4-7,11-13,16,18-19,26H,8-10,25H2,1-3H3,(H,27,33)(H,28,32)(H,29,34)(H,30,31)(H,35,36). The number of nitrogens with two attached hydrogens (primary N) is 1. The van der Waals surface area contributed by atoms with E-state index in [0.717, 1.165) is 10.9 Å². The van der Waals surface area contributed by atoms with E-state index in [2.05, 4.69) is 20.9 Å². The predicted molar refractivity (Wildman–Crippen MR) is 131 cm³/mol. The molecule has 12 heteroatoms. The van der Waals surface area contributed by atoms with Crippen LogP contribution in [0.3, 0.4) is 0 Å². The molecule has 2 aromatic rings. The van der Waals surface area contributed by atoms with Gasteiger partial charge in [-0.2, -0.15) is 0 Å². The summed E-state index contributed by atoms with van der Waals surface area (Å²) >= 11 is 0. The Kier molecular flexibility index (Phi) is 9.97. The molecule has 8 N–H and O–H groups in total. The van der Waals surface area contributed by atoms with Crippen molar-refractivity contribution in [1.29, 1.82) is 0 Å². The van der Waals surface area contributed by atoms with Crippen LogP contribution in [0.4, 0.5) is 0 Å². The minimum atomic E-state index is -1.50. The van der Waals surface area contributed by atoms with Gasteiger partial charge in [0.1, 0.15) is 18.1 Å². The number of nitrogens with one attached hydrogen (secondary N) is 4. The fourth-order valence-corrected chi connectivity index (χ4v) is 3.66. The molecule has 0 saturated heterocycles. The molecule has 0 radical (unpaired) electrons. The van der Waals surface area contributed by atoms with Gasteiger partial charge in [0.05, 0.1) is 12.5 Å². The summed E-state index contributed by atoms with van der Waals surface area (Å²) in [5.41, 5.74) is 7.33. The number of hydrogen-bond donors (Lipinski definition) is 7. The summed E-state index contributed by atoms with van der Waals surface area (Å²) in [5, 5.41) is 26.4. The summed E-state index contributed by atoms with van der Waals surface area (Å²) in [5.74, 6) is -4.90. The maximum absolute atomic E-state index is 13.1. The van der Waals surface area contributed by atoms with Gasteiger partial charge in [0.25, 0.3) is 0 Å². The molecule has 0 fully saturated rings. The number of benzene rings is 1. The normalized spacial score (nSPS) is 14.5. The predicted octanol–water partition coefficient (Wildman–Crippen LogP) is 0.117. The van der Waals surface area contributed by atoms with Gasteiger partial charge in [-0.1, -0.05) is 32.0 Å². The number of para-hydroxylation sites is 1. The lowest BCUT2D eigenvalue weighted by Gasteiger charge is -2.24. The van der Waals surface area contributed by atoms with Crippen LogP contribution in [0.15, 0.2) is 30.5 Å². The van der Waals surface area contributed by atoms with Crippen molar-refractivity contribution in [2.45, 2.75) is 64.2 Å². The Labute approximate surface area is 208 Å². The summed E-state index contributed by atoms with van der Waals surface area (Å²) < 4.78 is 0. The molecular weight excluding hydrogens is 470 g/mol. The fraction of sp³-hybridized carbons (Fsp3) is 0.458. The average Bonchev–Trinajstić information content (AvgIpc) is 3.20. The molecular formula is C24H33N5O7. The molecule has 196 valence electrons. The highest BCUT2D eigenvalue weighted by Gasteiger charge is 2.31. The third kappa shape index (κ3) is 8.08. The molecule has 1 heterocycles. The van der Waals surface area contributed by atoms with Crippen LogP contribution in [0.5, 0.6) is 0 Å². The lowest BCUT2D eigenvalue weighted by molar-refractivity contribution is -0.143. The topological polar surface area (TPSA) is 204 Å². The zero-order valence-corrected chi connectivity index (χ0v) is 20.4. The van der Waals surface area contributed by atoms with E-state index in [1.807, 2.05) is 32.0 Å². The molecule has 1 aromatic heterocycles. The second-order valence-electron chi connectivity index (χ2n) is 9.09. The van der Waals surface area contributed by atoms with E-state index in [1.165, 1.54) is 6.92 Å². The van der Waals surface area contributed by atoms with Crippen molar-refractivity contribution in [2.75, 3.05) is 0 Å². The quantitative estimate of drug-likeness (QED) is 0.199. The number of aromatic amines is 1. The Morgan fingerprint density at radius 3 is 2.14 bits per heavy atom. The van der Waals surface area contributed by atoms with Crippen molar-refractivity contribution >= 4 is 40.6 Å². The Morgan fingerprint density at radius 2 is 1.53 bits per heavy atom. The third-order valence-corrected chi connectivity index (χ3v) is 5.53. The first-order valence-corrected chi connectivity index (χ1v) is 11.5. The Hall–Kier alpha value is -3.93. The van der Waals surface area contributed by atoms with Gasteiger partial charge in [-0.05, 0) is 30.9 Å². The van der Waals surface area contributed by atoms with E-state index in [0.29, 0.717) is 12.0 Å². The van der Waals surface area contributed by atoms with Crippen LogP contribution < -0.4 is 21.7 Å². The van der Waals surface area contributed by atoms with Gasteiger partial charge in [-0.15, -0.1) is 0 Å². The Bertz CT molecular complexity index is 1110. The van der Waals surface area contributed by atoms with Crippen LogP contribution in [0.1, 0.15) is 39.2 Å². The number of aliphatic carboxylic acids is 2. The average molecular weight is 504 g/mol. The molecule has 3 amide bonds. The number of amides is 3. The molecule has 0 aliphatic rings. The highest BCUT2D eigenvalue weighted by Crippen LogP contribution is 2.19. The molecule has 0 bridgehead atoms. The van der Waals surface area contributed by atoms with E-state index in [-0.39, 0.29) is 12.3 Å². The van der Waals surface area contributed by atoms with Gasteiger partial charge in [-0.3, -0.25) is 24.0 Å². The van der Waals surface area contributed by atoms with Crippen molar-refractivity contribution in [2.24, 2.45) is 11.7 Å². The van der Waals surface area contributed by atoms with E-state index in [9.17, 15) is 29.1 Å². The maximum atomic E-state index is 13.1. The monoisotopic (exact) mass is 503 g/mol. The minimum absolute atomic E-state index is 0.0193. The smallest absolute Gasteiger partial charge is 0.325 e. The van der Waals surface area contributed by atoms with Gasteiger partial charge in [-0.25, -0.2) is 0 Å². The molecule has 4 unspecified atom stereocenters. The number of carboxylic acid groups (broad SMARTS) is 2. The van der Waals surface area contributed by atoms with Crippen molar-refractivity contribution in [3.63, 3.8) is 0 Å². The van der Waals surface area contributed by atoms with Crippen LogP contribution in [0.25, 0.3) is 10.9 Å². The summed E-state index contributed by atoms with van der Waals surface area (Å²) in [6.07, 6.45) is 1.23. The molecule has 0 aliphatic heterocycles. The summed E-state index contributed by atoms with van der Waals surface area (Å²) in [6.45, 7) is 5.00. The molecule has 0 spiro atoms. The SMILES string of the molecule is CC(C)CC(N)C(=O)NC(CC(=O)O)C(=O)NC(Cc1c[nH]c2ccccc12)C(=O)NC(C)C(=O)O. The van der Waals surface area contributed by atoms with Crippen molar-refractivity contribution < 1.29 is 34.2 Å². The van der Waals surface area contributed by atoms with Crippen LogP contribution >= 0.6 is 0 Å². The first-order valence-electron chi connectivity index (χ1n) is 11.5. The number of H-pyrrole nitrogens is 1. The van der Waals surface area contributed by atoms with Crippen LogP contribution in [0.2, 0.25) is 0 Å². The first-order chi connectivity index (χ1) is 16.9. The molecule has 12 nitrogen and oxygen atoms in total. The van der Waals surface area contributed by atoms with Gasteiger partial charge >= 0.3 is 11.9 Å². The molecule has 0 aliphatic carbocycles. The van der Waals surface area contributed by atoms with Crippen molar-refractivity contribution in [3.8, 4) is 0 Å². The lowest BCUT2D eigenvalue weighted by Crippen LogP contribution is -2.57. The number of fused-ring (bicyclic) bond motifs is 1. The summed E-state index contributed by atoms with van der Waals surface area (Å²) in [6, 6.07) is 2.35. The zero-order valence-electron chi connectivity index (χ0n) is 20.4. The van der Waals surface area contributed by atoms with Crippen LogP contribution in [0, 0.1) is 5.92 Å². The number of hydrogen-bond acceptors (Lipinski definition) is 6. The number of aromatic nitrogens is 1. The number of carbonyl (C=O) groups excluding carboxylic acids is 3. The van der Waals surface area contributed by atoms with Gasteiger partial charge in [0.2, 0.25) is 17.7 Å². The Morgan fingerprint density at radius 1 is 0.917 bits per heavy atom. The number of rotatable bonds is 13. The van der Waals surface area contributed by atoms with E-state index < -0.39 is 60.2 Å². The largest absolute Gasteiger partial charge is 0.481 e. The zero-order chi connectivity index (χ0) is 27.0. The van der Waals surface area contributed by atoms with Crippen LogP contribution in [-0.2, 0) is 30.4 Å². The highest BCUT2D eigenvalue weighted by atomic mass is 16.4. The molecule has 0 saturated carbocycles. The van der Waals surface area contributed by atoms with Gasteiger partial charge in [0, 0.05) is 23.5 Å². The van der Waals surface area contributed by atoms with E-state index in [4.69, 9.17) is 10.8 Å². The fourth-order valence-electron chi connectivity index (χ4n) is 3.66. The summed E-state index contributed by atoms with van der Waals surface area (Å²) in [7, 11) is 0. The van der Waals surface area contributed by atoms with Gasteiger partial charge in [0.15, 0.2) is 0 Å². The first kappa shape index (κ1) is 28.3. The molecule has 36 heavy (non-hydrogen) atoms. The van der Waals surface area contributed by atoms with Gasteiger partial charge < -0.3 is 36.9 Å². The minimum Gasteiger partial charge on any atom is -0.481 e. The van der Waals surface area contributed by atoms with E-state index in [1.54, 1.807) is 12.3 Å². The van der Waals surface area contributed by atoms with Crippen molar-refractivity contribution in [1.82, 2.24) is 20.9 Å².